The van der Waals surface area contributed by atoms with Gasteiger partial charge >= 0.3 is 0 Å². The highest BCUT2D eigenvalue weighted by molar-refractivity contribution is 5.94. The van der Waals surface area contributed by atoms with E-state index in [1.54, 1.807) is 24.5 Å². The van der Waals surface area contributed by atoms with Crippen LogP contribution in [0, 0.1) is 11.8 Å². The van der Waals surface area contributed by atoms with Crippen molar-refractivity contribution >= 4 is 5.91 Å². The molecule has 23 heavy (non-hydrogen) atoms. The van der Waals surface area contributed by atoms with Gasteiger partial charge in [0, 0.05) is 50.6 Å². The van der Waals surface area contributed by atoms with Crippen molar-refractivity contribution in [1.29, 1.82) is 0 Å². The number of aliphatic hydroxyl groups excluding tert-OH is 1. The number of hydrogen-bond acceptors (Lipinski definition) is 4. The lowest BCUT2D eigenvalue weighted by Gasteiger charge is -2.26. The second kappa shape index (κ2) is 7.88. The Balaban J connectivity index is 1.55. The Morgan fingerprint density at radius 3 is 2.83 bits per heavy atom. The lowest BCUT2D eigenvalue weighted by molar-refractivity contribution is 0.0920. The third kappa shape index (κ3) is 4.30. The van der Waals surface area contributed by atoms with E-state index in [9.17, 15) is 9.90 Å². The van der Waals surface area contributed by atoms with Crippen molar-refractivity contribution in [3.63, 3.8) is 0 Å². The van der Waals surface area contributed by atoms with Crippen LogP contribution >= 0.6 is 0 Å². The number of carbonyl (C=O) groups excluding carboxylic acids is 1. The molecule has 5 nitrogen and oxygen atoms in total. The molecule has 0 bridgehead atoms. The summed E-state index contributed by atoms with van der Waals surface area (Å²) in [4.78, 5) is 18.7. The first-order valence-corrected chi connectivity index (χ1v) is 8.80. The molecule has 0 unspecified atom stereocenters. The number of carbonyl (C=O) groups is 1. The summed E-state index contributed by atoms with van der Waals surface area (Å²) in [5, 5.41) is 12.7. The second-order valence-electron chi connectivity index (χ2n) is 6.99. The van der Waals surface area contributed by atoms with Crippen LogP contribution in [0.3, 0.4) is 0 Å². The highest BCUT2D eigenvalue weighted by Crippen LogP contribution is 2.27. The van der Waals surface area contributed by atoms with Crippen LogP contribution in [0.2, 0.25) is 0 Å². The number of likely N-dealkylation sites (tertiary alicyclic amines) is 1. The van der Waals surface area contributed by atoms with Gasteiger partial charge in [0.1, 0.15) is 0 Å². The third-order valence-electron chi connectivity index (χ3n) is 5.23. The summed E-state index contributed by atoms with van der Waals surface area (Å²) >= 11 is 0. The van der Waals surface area contributed by atoms with Gasteiger partial charge in [-0.15, -0.1) is 0 Å². The number of rotatable bonds is 5. The second-order valence-corrected chi connectivity index (χ2v) is 6.99. The largest absolute Gasteiger partial charge is 0.396 e. The minimum Gasteiger partial charge on any atom is -0.396 e. The highest BCUT2D eigenvalue weighted by Gasteiger charge is 2.34. The van der Waals surface area contributed by atoms with Crippen molar-refractivity contribution in [1.82, 2.24) is 15.2 Å². The maximum atomic E-state index is 12.3. The Labute approximate surface area is 138 Å². The van der Waals surface area contributed by atoms with Crippen LogP contribution in [-0.4, -0.2) is 53.2 Å². The van der Waals surface area contributed by atoms with Crippen LogP contribution in [-0.2, 0) is 0 Å². The molecule has 0 aromatic carbocycles. The molecule has 0 spiro atoms. The van der Waals surface area contributed by atoms with E-state index >= 15 is 0 Å². The number of hydrogen-bond donors (Lipinski definition) is 2. The van der Waals surface area contributed by atoms with E-state index in [1.807, 2.05) is 0 Å². The summed E-state index contributed by atoms with van der Waals surface area (Å²) in [5.41, 5.74) is 0.579. The number of aliphatic hydroxyl groups is 1. The topological polar surface area (TPSA) is 65.5 Å². The molecule has 3 rings (SSSR count). The minimum atomic E-state index is -0.0962. The molecule has 1 amide bonds. The molecule has 2 aliphatic rings. The van der Waals surface area contributed by atoms with Gasteiger partial charge in [0.15, 0.2) is 0 Å². The van der Waals surface area contributed by atoms with Crippen molar-refractivity contribution in [3.8, 4) is 0 Å². The molecule has 126 valence electrons. The van der Waals surface area contributed by atoms with Crippen LogP contribution in [0.15, 0.2) is 24.5 Å². The number of nitrogens with one attached hydrogen (secondary N) is 1. The highest BCUT2D eigenvalue weighted by atomic mass is 16.3. The first kappa shape index (κ1) is 16.4. The summed E-state index contributed by atoms with van der Waals surface area (Å²) in [6.07, 6.45) is 9.97. The SMILES string of the molecule is O=C(N[C@@H]1CN(CC2CCCCC2)C[C@H]1CO)c1cccnc1. The fourth-order valence-electron chi connectivity index (χ4n) is 3.94. The number of nitrogens with zero attached hydrogens (tertiary/aromatic N) is 2. The standard InChI is InChI=1S/C18H27N3O2/c22-13-16-11-21(10-14-5-2-1-3-6-14)12-17(16)20-18(23)15-7-4-8-19-9-15/h4,7-9,14,16-17,22H,1-3,5-6,10-13H2,(H,20,23)/t16-,17+/m0/s1. The van der Waals surface area contributed by atoms with E-state index in [2.05, 4.69) is 15.2 Å². The summed E-state index contributed by atoms with van der Waals surface area (Å²) in [6.45, 7) is 2.95. The van der Waals surface area contributed by atoms with Gasteiger partial charge in [-0.3, -0.25) is 9.78 Å². The molecule has 0 radical (unpaired) electrons. The predicted molar refractivity (Wildman–Crippen MR) is 89.1 cm³/mol. The van der Waals surface area contributed by atoms with Crippen LogP contribution in [0.1, 0.15) is 42.5 Å². The average Bonchev–Trinajstić information content (AvgIpc) is 2.98. The van der Waals surface area contributed by atoms with Gasteiger partial charge in [0.25, 0.3) is 5.91 Å². The van der Waals surface area contributed by atoms with Crippen molar-refractivity contribution in [2.45, 2.75) is 38.1 Å². The molecular weight excluding hydrogens is 290 g/mol. The van der Waals surface area contributed by atoms with Crippen molar-refractivity contribution in [3.05, 3.63) is 30.1 Å². The molecule has 1 aromatic rings. The lowest BCUT2D eigenvalue weighted by Crippen LogP contribution is -2.41. The van der Waals surface area contributed by atoms with Gasteiger partial charge < -0.3 is 15.3 Å². The van der Waals surface area contributed by atoms with Crippen molar-refractivity contribution < 1.29 is 9.90 Å². The Kier molecular flexibility index (Phi) is 5.62. The zero-order valence-electron chi connectivity index (χ0n) is 13.7. The van der Waals surface area contributed by atoms with Gasteiger partial charge in [-0.1, -0.05) is 19.3 Å². The molecule has 5 heteroatoms. The lowest BCUT2D eigenvalue weighted by atomic mass is 9.89. The Morgan fingerprint density at radius 1 is 1.30 bits per heavy atom. The fourth-order valence-corrected chi connectivity index (χ4v) is 3.94. The van der Waals surface area contributed by atoms with E-state index in [1.165, 1.54) is 32.1 Å². The normalized spacial score (nSPS) is 26.3. The fraction of sp³-hybridized carbons (Fsp3) is 0.667. The van der Waals surface area contributed by atoms with E-state index < -0.39 is 0 Å². The van der Waals surface area contributed by atoms with Gasteiger partial charge in [-0.05, 0) is 30.9 Å². The van der Waals surface area contributed by atoms with Crippen molar-refractivity contribution in [2.24, 2.45) is 11.8 Å². The Hall–Kier alpha value is -1.46. The molecule has 1 aromatic heterocycles. The summed E-state index contributed by atoms with van der Waals surface area (Å²) in [6, 6.07) is 3.56. The number of aromatic nitrogens is 1. The zero-order valence-corrected chi connectivity index (χ0v) is 13.7. The van der Waals surface area contributed by atoms with Crippen LogP contribution in [0.25, 0.3) is 0 Å². The monoisotopic (exact) mass is 317 g/mol. The first-order chi connectivity index (χ1) is 11.3. The third-order valence-corrected chi connectivity index (χ3v) is 5.23. The number of pyridine rings is 1. The maximum absolute atomic E-state index is 12.3. The van der Waals surface area contributed by atoms with Gasteiger partial charge in [0.2, 0.25) is 0 Å². The molecule has 1 saturated carbocycles. The maximum Gasteiger partial charge on any atom is 0.253 e. The summed E-state index contributed by atoms with van der Waals surface area (Å²) < 4.78 is 0. The predicted octanol–water partition coefficient (Wildman–Crippen LogP) is 1.68. The first-order valence-electron chi connectivity index (χ1n) is 8.80. The van der Waals surface area contributed by atoms with E-state index in [-0.39, 0.29) is 24.5 Å². The smallest absolute Gasteiger partial charge is 0.253 e. The molecule has 1 aliphatic heterocycles. The molecule has 2 atom stereocenters. The zero-order chi connectivity index (χ0) is 16.1. The van der Waals surface area contributed by atoms with Gasteiger partial charge in [-0.2, -0.15) is 0 Å². The molecule has 2 fully saturated rings. The summed E-state index contributed by atoms with van der Waals surface area (Å²) in [5.74, 6) is 0.816. The molecule has 2 N–H and O–H groups in total. The minimum absolute atomic E-state index is 0.0243. The van der Waals surface area contributed by atoms with Crippen LogP contribution < -0.4 is 5.32 Å². The van der Waals surface area contributed by atoms with Gasteiger partial charge in [-0.25, -0.2) is 0 Å². The molecule has 1 saturated heterocycles. The quantitative estimate of drug-likeness (QED) is 0.867. The van der Waals surface area contributed by atoms with Gasteiger partial charge in [0.05, 0.1) is 5.56 Å². The Morgan fingerprint density at radius 2 is 2.13 bits per heavy atom. The van der Waals surface area contributed by atoms with Crippen LogP contribution in [0.5, 0.6) is 0 Å². The van der Waals surface area contributed by atoms with Crippen LogP contribution in [0.4, 0.5) is 0 Å². The van der Waals surface area contributed by atoms with Crippen molar-refractivity contribution in [2.75, 3.05) is 26.2 Å². The van der Waals surface area contributed by atoms with E-state index in [0.717, 1.165) is 25.6 Å². The van der Waals surface area contributed by atoms with E-state index in [4.69, 9.17) is 0 Å². The molecule has 2 heterocycles. The summed E-state index contributed by atoms with van der Waals surface area (Å²) in [7, 11) is 0. The van der Waals surface area contributed by atoms with E-state index in [0.29, 0.717) is 5.56 Å². The molecular formula is C18H27N3O2. The average molecular weight is 317 g/mol. The Bertz CT molecular complexity index is 502. The number of amides is 1. The molecule has 1 aliphatic carbocycles.